The van der Waals surface area contributed by atoms with E-state index in [1.165, 1.54) is 57.9 Å². The number of nitrogens with zero attached hydrogens (tertiary/aromatic N) is 1. The molecule has 1 aliphatic heterocycles. The van der Waals surface area contributed by atoms with Gasteiger partial charge in [-0.25, -0.2) is 0 Å². The molecule has 0 amide bonds. The van der Waals surface area contributed by atoms with Crippen LogP contribution in [0.2, 0.25) is 0 Å². The summed E-state index contributed by atoms with van der Waals surface area (Å²) < 4.78 is 0. The van der Waals surface area contributed by atoms with Gasteiger partial charge in [0.25, 0.3) is 0 Å². The van der Waals surface area contributed by atoms with Gasteiger partial charge in [-0.1, -0.05) is 80.1 Å². The first-order valence-electron chi connectivity index (χ1n) is 9.77. The highest BCUT2D eigenvalue weighted by atomic mass is 15.2. The lowest BCUT2D eigenvalue weighted by atomic mass is 9.77. The first-order chi connectivity index (χ1) is 10.1. The summed E-state index contributed by atoms with van der Waals surface area (Å²) in [6, 6.07) is 0.852. The Balaban J connectivity index is 0.000000690. The predicted octanol–water partition coefficient (Wildman–Crippen LogP) is 6.38. The second kappa shape index (κ2) is 12.5. The van der Waals surface area contributed by atoms with Gasteiger partial charge in [0.1, 0.15) is 0 Å². The topological polar surface area (TPSA) is 3.24 Å². The van der Waals surface area contributed by atoms with Gasteiger partial charge < -0.3 is 4.90 Å². The lowest BCUT2D eigenvalue weighted by molar-refractivity contribution is 0.151. The smallest absolute Gasteiger partial charge is 0.0149 e. The van der Waals surface area contributed by atoms with Crippen LogP contribution in [-0.4, -0.2) is 24.5 Å². The van der Waals surface area contributed by atoms with Crippen LogP contribution in [0.15, 0.2) is 0 Å². The van der Waals surface area contributed by atoms with Gasteiger partial charge in [-0.3, -0.25) is 0 Å². The van der Waals surface area contributed by atoms with Gasteiger partial charge in [0.15, 0.2) is 0 Å². The van der Waals surface area contributed by atoms with Crippen molar-refractivity contribution < 1.29 is 0 Å². The number of rotatable bonds is 8. The van der Waals surface area contributed by atoms with E-state index in [0.29, 0.717) is 0 Å². The lowest BCUT2D eigenvalue weighted by Gasteiger charge is -2.34. The zero-order valence-electron chi connectivity index (χ0n) is 16.1. The van der Waals surface area contributed by atoms with Gasteiger partial charge in [-0.05, 0) is 44.2 Å². The van der Waals surface area contributed by atoms with Crippen molar-refractivity contribution in [3.05, 3.63) is 0 Å². The zero-order chi connectivity index (χ0) is 16.3. The van der Waals surface area contributed by atoms with Crippen LogP contribution in [0, 0.1) is 17.8 Å². The largest absolute Gasteiger partial charge is 0.303 e. The molecule has 0 aromatic rings. The maximum atomic E-state index is 2.63. The molecule has 0 N–H and O–H groups in total. The van der Waals surface area contributed by atoms with Crippen molar-refractivity contribution in [3.8, 4) is 0 Å². The summed E-state index contributed by atoms with van der Waals surface area (Å²) in [5.74, 6) is 2.79. The minimum absolute atomic E-state index is 0.852. The molecular weight excluding hydrogens is 254 g/mol. The lowest BCUT2D eigenvalue weighted by Crippen LogP contribution is -2.38. The maximum Gasteiger partial charge on any atom is 0.0149 e. The van der Waals surface area contributed by atoms with Crippen molar-refractivity contribution >= 4 is 0 Å². The maximum absolute atomic E-state index is 2.63. The van der Waals surface area contributed by atoms with E-state index < -0.39 is 0 Å². The molecule has 1 nitrogen and oxygen atoms in total. The third kappa shape index (κ3) is 7.17. The van der Waals surface area contributed by atoms with E-state index in [0.717, 1.165) is 23.8 Å². The van der Waals surface area contributed by atoms with Crippen molar-refractivity contribution in [1.29, 1.82) is 0 Å². The van der Waals surface area contributed by atoms with Gasteiger partial charge >= 0.3 is 0 Å². The Bertz CT molecular complexity index is 220. The summed E-state index contributed by atoms with van der Waals surface area (Å²) in [7, 11) is 2.33. The predicted molar refractivity (Wildman–Crippen MR) is 97.9 cm³/mol. The second-order valence-corrected chi connectivity index (χ2v) is 7.12. The summed E-state index contributed by atoms with van der Waals surface area (Å²) in [5.41, 5.74) is 0. The van der Waals surface area contributed by atoms with Crippen molar-refractivity contribution in [2.45, 2.75) is 99.0 Å². The molecular formula is C20H43N. The Morgan fingerprint density at radius 1 is 0.952 bits per heavy atom. The third-order valence-electron chi connectivity index (χ3n) is 5.45. The second-order valence-electron chi connectivity index (χ2n) is 7.12. The minimum Gasteiger partial charge on any atom is -0.303 e. The van der Waals surface area contributed by atoms with E-state index in [4.69, 9.17) is 0 Å². The van der Waals surface area contributed by atoms with E-state index >= 15 is 0 Å². The first-order valence-corrected chi connectivity index (χ1v) is 9.77. The minimum atomic E-state index is 0.852. The summed E-state index contributed by atoms with van der Waals surface area (Å²) in [4.78, 5) is 2.63. The van der Waals surface area contributed by atoms with Crippen LogP contribution in [0.1, 0.15) is 92.9 Å². The molecule has 0 radical (unpaired) electrons. The summed E-state index contributed by atoms with van der Waals surface area (Å²) in [6.45, 7) is 15.3. The Hall–Kier alpha value is -0.0400. The Morgan fingerprint density at radius 2 is 1.52 bits per heavy atom. The number of hydrogen-bond donors (Lipinski definition) is 0. The highest BCUT2D eigenvalue weighted by Gasteiger charge is 2.38. The van der Waals surface area contributed by atoms with Gasteiger partial charge in [-0.2, -0.15) is 0 Å². The molecule has 1 heteroatoms. The molecule has 1 rings (SSSR count). The molecule has 3 unspecified atom stereocenters. The molecule has 0 saturated carbocycles. The Morgan fingerprint density at radius 3 is 1.90 bits per heavy atom. The fraction of sp³-hybridized carbons (Fsp3) is 1.00. The molecule has 0 aromatic heterocycles. The molecule has 0 spiro atoms. The van der Waals surface area contributed by atoms with E-state index in [1.807, 2.05) is 0 Å². The van der Waals surface area contributed by atoms with Gasteiger partial charge in [0.05, 0.1) is 0 Å². The molecule has 3 atom stereocenters. The van der Waals surface area contributed by atoms with Crippen LogP contribution in [0.3, 0.4) is 0 Å². The summed E-state index contributed by atoms with van der Waals surface area (Å²) in [6.07, 6.45) is 11.0. The Kier molecular flexibility index (Phi) is 12.5. The summed E-state index contributed by atoms with van der Waals surface area (Å²) in [5, 5.41) is 0. The number of hydrogen-bond acceptors (Lipinski definition) is 1. The zero-order valence-corrected chi connectivity index (χ0v) is 16.1. The standard InChI is InChI=1S/C15H31N.C5H12/c1-6-9-12(4)15-14(10-11-16(15)5)13(7-2)8-3;1-3-5-4-2/h12-15H,6-11H2,1-5H3;3-5H2,1-2H3. The Labute approximate surface area is 135 Å². The van der Waals surface area contributed by atoms with Crippen LogP contribution in [0.25, 0.3) is 0 Å². The van der Waals surface area contributed by atoms with Crippen LogP contribution < -0.4 is 0 Å². The number of unbranched alkanes of at least 4 members (excludes halogenated alkanes) is 2. The number of likely N-dealkylation sites (tertiary alicyclic amines) is 1. The molecule has 0 aromatic carbocycles. The average molecular weight is 298 g/mol. The molecule has 1 heterocycles. The molecule has 1 aliphatic rings. The van der Waals surface area contributed by atoms with Gasteiger partial charge in [-0.15, -0.1) is 0 Å². The normalized spacial score (nSPS) is 24.0. The van der Waals surface area contributed by atoms with Crippen molar-refractivity contribution in [3.63, 3.8) is 0 Å². The molecule has 0 aliphatic carbocycles. The van der Waals surface area contributed by atoms with E-state index in [1.54, 1.807) is 0 Å². The van der Waals surface area contributed by atoms with Crippen LogP contribution in [0.5, 0.6) is 0 Å². The monoisotopic (exact) mass is 297 g/mol. The van der Waals surface area contributed by atoms with Crippen molar-refractivity contribution in [2.75, 3.05) is 13.6 Å². The third-order valence-corrected chi connectivity index (χ3v) is 5.45. The van der Waals surface area contributed by atoms with Crippen LogP contribution in [0.4, 0.5) is 0 Å². The van der Waals surface area contributed by atoms with Crippen molar-refractivity contribution in [1.82, 2.24) is 4.90 Å². The fourth-order valence-electron chi connectivity index (χ4n) is 4.24. The first kappa shape index (κ1) is 21.0. The average Bonchev–Trinajstić information content (AvgIpc) is 2.84. The van der Waals surface area contributed by atoms with Gasteiger partial charge in [0, 0.05) is 6.04 Å². The molecule has 0 bridgehead atoms. The summed E-state index contributed by atoms with van der Waals surface area (Å²) >= 11 is 0. The van der Waals surface area contributed by atoms with Crippen LogP contribution in [-0.2, 0) is 0 Å². The van der Waals surface area contributed by atoms with Gasteiger partial charge in [0.2, 0.25) is 0 Å². The molecule has 21 heavy (non-hydrogen) atoms. The fourth-order valence-corrected chi connectivity index (χ4v) is 4.24. The van der Waals surface area contributed by atoms with Crippen molar-refractivity contribution in [2.24, 2.45) is 17.8 Å². The highest BCUT2D eigenvalue weighted by Crippen LogP contribution is 2.38. The SMILES string of the molecule is CCCC(C)C1C(C(CC)CC)CCN1C.CCCCC. The molecule has 1 saturated heterocycles. The van der Waals surface area contributed by atoms with E-state index in [2.05, 4.69) is 53.5 Å². The van der Waals surface area contributed by atoms with Crippen LogP contribution >= 0.6 is 0 Å². The highest BCUT2D eigenvalue weighted by molar-refractivity contribution is 4.91. The quantitative estimate of drug-likeness (QED) is 0.502. The molecule has 1 fully saturated rings. The van der Waals surface area contributed by atoms with E-state index in [9.17, 15) is 0 Å². The molecule has 128 valence electrons. The van der Waals surface area contributed by atoms with E-state index in [-0.39, 0.29) is 0 Å².